The number of hydrogen-bond acceptors (Lipinski definition) is 5. The Morgan fingerprint density at radius 1 is 1.21 bits per heavy atom. The molecule has 2 amide bonds. The fourth-order valence-corrected chi connectivity index (χ4v) is 5.10. The molecule has 0 bridgehead atoms. The Bertz CT molecular complexity index is 1420. The smallest absolute Gasteiger partial charge is 0.311 e. The van der Waals surface area contributed by atoms with Gasteiger partial charge in [-0.2, -0.15) is 23.5 Å². The van der Waals surface area contributed by atoms with Gasteiger partial charge in [0.25, 0.3) is 0 Å². The average molecular weight is 537 g/mol. The number of aromatic nitrogens is 3. The number of alkyl halides is 3. The van der Waals surface area contributed by atoms with E-state index < -0.39 is 18.0 Å². The van der Waals surface area contributed by atoms with Gasteiger partial charge in [0.05, 0.1) is 18.7 Å². The molecule has 1 aromatic carbocycles. The maximum atomic E-state index is 13.1. The van der Waals surface area contributed by atoms with E-state index in [0.29, 0.717) is 24.5 Å². The average Bonchev–Trinajstić information content (AvgIpc) is 3.54. The lowest BCUT2D eigenvalue weighted by atomic mass is 9.83. The number of carbonyl (C=O) groups is 2. The molecule has 2 aromatic heterocycles. The number of aryl methyl sites for hydroxylation is 1. The number of carbonyl (C=O) groups excluding carboxylic acids is 2. The number of anilines is 2. The van der Waals surface area contributed by atoms with Crippen molar-refractivity contribution >= 4 is 23.3 Å². The lowest BCUT2D eigenvalue weighted by Crippen LogP contribution is -2.35. The summed E-state index contributed by atoms with van der Waals surface area (Å²) in [5.74, 6) is -0.0452. The van der Waals surface area contributed by atoms with Crippen LogP contribution in [0, 0.1) is 22.7 Å². The molecule has 3 heterocycles. The summed E-state index contributed by atoms with van der Waals surface area (Å²) < 4.78 is 38.7. The Hall–Kier alpha value is -4.20. The van der Waals surface area contributed by atoms with Gasteiger partial charge in [0.2, 0.25) is 11.8 Å². The SMILES string of the molecule is N#C[C@@]1(C2CC2)CCN(c2ccnc(NC(=O)Cc3cccc(-c4cnn(CCCC(F)(F)F)c4)c3)c2)C1=O. The molecule has 11 heteroatoms. The highest BCUT2D eigenvalue weighted by Crippen LogP contribution is 2.51. The number of halogens is 3. The Kier molecular flexibility index (Phi) is 7.12. The molecule has 1 saturated carbocycles. The highest BCUT2D eigenvalue weighted by molar-refractivity contribution is 6.02. The third kappa shape index (κ3) is 5.95. The Morgan fingerprint density at radius 3 is 2.77 bits per heavy atom. The van der Waals surface area contributed by atoms with E-state index in [1.807, 2.05) is 18.2 Å². The highest BCUT2D eigenvalue weighted by Gasteiger charge is 2.56. The van der Waals surface area contributed by atoms with E-state index in [4.69, 9.17) is 0 Å². The maximum Gasteiger partial charge on any atom is 0.389 e. The van der Waals surface area contributed by atoms with Crippen LogP contribution < -0.4 is 10.2 Å². The van der Waals surface area contributed by atoms with Gasteiger partial charge < -0.3 is 10.2 Å². The number of benzene rings is 1. The number of hydrogen-bond donors (Lipinski definition) is 1. The molecular weight excluding hydrogens is 509 g/mol. The Morgan fingerprint density at radius 2 is 2.03 bits per heavy atom. The molecule has 1 saturated heterocycles. The number of nitrogens with zero attached hydrogens (tertiary/aromatic N) is 5. The summed E-state index contributed by atoms with van der Waals surface area (Å²) in [7, 11) is 0. The zero-order valence-electron chi connectivity index (χ0n) is 21.1. The van der Waals surface area contributed by atoms with Gasteiger partial charge in [0, 0.05) is 49.2 Å². The molecule has 8 nitrogen and oxygen atoms in total. The first-order valence-corrected chi connectivity index (χ1v) is 12.8. The largest absolute Gasteiger partial charge is 0.389 e. The first-order valence-electron chi connectivity index (χ1n) is 12.8. The van der Waals surface area contributed by atoms with E-state index in [-0.39, 0.29) is 37.1 Å². The van der Waals surface area contributed by atoms with Crippen LogP contribution in [0.3, 0.4) is 0 Å². The second kappa shape index (κ2) is 10.5. The fraction of sp³-hybridized carbons (Fsp3) is 0.393. The van der Waals surface area contributed by atoms with Crippen molar-refractivity contribution in [2.45, 2.75) is 51.2 Å². The van der Waals surface area contributed by atoms with Gasteiger partial charge in [-0.15, -0.1) is 0 Å². The van der Waals surface area contributed by atoms with E-state index in [1.165, 1.54) is 10.9 Å². The molecule has 202 valence electrons. The molecular formula is C28H27F3N6O2. The fourth-order valence-electron chi connectivity index (χ4n) is 5.10. The summed E-state index contributed by atoms with van der Waals surface area (Å²) in [5, 5.41) is 16.6. The molecule has 1 N–H and O–H groups in total. The highest BCUT2D eigenvalue weighted by atomic mass is 19.4. The first kappa shape index (κ1) is 26.4. The summed E-state index contributed by atoms with van der Waals surface area (Å²) in [4.78, 5) is 31.7. The molecule has 5 rings (SSSR count). The van der Waals surface area contributed by atoms with Crippen LogP contribution in [0.25, 0.3) is 11.1 Å². The van der Waals surface area contributed by atoms with Gasteiger partial charge in [0.15, 0.2) is 0 Å². The third-order valence-corrected chi connectivity index (χ3v) is 7.26. The van der Waals surface area contributed by atoms with Crippen LogP contribution in [0.4, 0.5) is 24.7 Å². The van der Waals surface area contributed by atoms with Gasteiger partial charge in [0.1, 0.15) is 11.2 Å². The van der Waals surface area contributed by atoms with Crippen molar-refractivity contribution in [1.29, 1.82) is 5.26 Å². The van der Waals surface area contributed by atoms with Crippen LogP contribution in [0.1, 0.15) is 37.7 Å². The summed E-state index contributed by atoms with van der Waals surface area (Å²) >= 11 is 0. The summed E-state index contributed by atoms with van der Waals surface area (Å²) in [5.41, 5.74) is 1.93. The number of pyridine rings is 1. The minimum Gasteiger partial charge on any atom is -0.311 e. The normalized spacial score (nSPS) is 19.2. The molecule has 0 radical (unpaired) electrons. The monoisotopic (exact) mass is 536 g/mol. The molecule has 0 unspecified atom stereocenters. The standard InChI is InChI=1S/C28H27F3N6O2/c29-28(30,31)8-2-11-36-17-21(16-34-36)20-4-1-3-19(13-20)14-25(38)35-24-15-23(7-10-33-24)37-12-9-27(18-32,26(37)39)22-5-6-22/h1,3-4,7,10,13,15-17,22H,2,5-6,8-9,11-12,14H2,(H,33,35,38)/t27-/m1/s1. The first-order chi connectivity index (χ1) is 18.7. The van der Waals surface area contributed by atoms with Gasteiger partial charge in [-0.05, 0) is 48.8 Å². The van der Waals surface area contributed by atoms with Crippen LogP contribution in [0.15, 0.2) is 55.0 Å². The van der Waals surface area contributed by atoms with Crippen molar-refractivity contribution in [3.63, 3.8) is 0 Å². The predicted molar refractivity (Wildman–Crippen MR) is 137 cm³/mol. The van der Waals surface area contributed by atoms with Gasteiger partial charge in [-0.25, -0.2) is 4.98 Å². The van der Waals surface area contributed by atoms with E-state index in [9.17, 15) is 28.0 Å². The molecule has 3 aromatic rings. The molecule has 0 spiro atoms. The number of nitrogens with one attached hydrogen (secondary N) is 1. The van der Waals surface area contributed by atoms with Crippen LogP contribution in [0.2, 0.25) is 0 Å². The van der Waals surface area contributed by atoms with Crippen molar-refractivity contribution in [2.24, 2.45) is 11.3 Å². The minimum atomic E-state index is -4.19. The number of rotatable bonds is 9. The molecule has 1 atom stereocenters. The van der Waals surface area contributed by atoms with E-state index >= 15 is 0 Å². The molecule has 2 fully saturated rings. The second-order valence-corrected chi connectivity index (χ2v) is 10.1. The Balaban J connectivity index is 1.20. The third-order valence-electron chi connectivity index (χ3n) is 7.26. The minimum absolute atomic E-state index is 0.0499. The van der Waals surface area contributed by atoms with Crippen molar-refractivity contribution in [3.8, 4) is 17.2 Å². The lowest BCUT2D eigenvalue weighted by Gasteiger charge is -2.21. The van der Waals surface area contributed by atoms with Crippen molar-refractivity contribution in [3.05, 3.63) is 60.6 Å². The van der Waals surface area contributed by atoms with E-state index in [0.717, 1.165) is 29.5 Å². The topological polar surface area (TPSA) is 104 Å². The predicted octanol–water partition coefficient (Wildman–Crippen LogP) is 5.13. The number of amides is 2. The Labute approximate surface area is 223 Å². The molecule has 2 aliphatic rings. The van der Waals surface area contributed by atoms with Gasteiger partial charge in [-0.1, -0.05) is 24.3 Å². The lowest BCUT2D eigenvalue weighted by molar-refractivity contribution is -0.136. The number of nitriles is 1. The van der Waals surface area contributed by atoms with Crippen LogP contribution in [-0.2, 0) is 22.6 Å². The van der Waals surface area contributed by atoms with Crippen molar-refractivity contribution in [1.82, 2.24) is 14.8 Å². The quantitative estimate of drug-likeness (QED) is 0.409. The van der Waals surface area contributed by atoms with E-state index in [1.54, 1.807) is 35.5 Å². The van der Waals surface area contributed by atoms with Gasteiger partial charge >= 0.3 is 6.18 Å². The van der Waals surface area contributed by atoms with Gasteiger partial charge in [-0.3, -0.25) is 14.3 Å². The molecule has 1 aliphatic heterocycles. The zero-order valence-corrected chi connectivity index (χ0v) is 21.1. The molecule has 39 heavy (non-hydrogen) atoms. The van der Waals surface area contributed by atoms with Crippen LogP contribution >= 0.6 is 0 Å². The second-order valence-electron chi connectivity index (χ2n) is 10.1. The van der Waals surface area contributed by atoms with E-state index in [2.05, 4.69) is 21.5 Å². The van der Waals surface area contributed by atoms with Crippen LogP contribution in [0.5, 0.6) is 0 Å². The summed E-state index contributed by atoms with van der Waals surface area (Å²) in [6, 6.07) is 12.9. The summed E-state index contributed by atoms with van der Waals surface area (Å²) in [6.07, 6.45) is 2.07. The zero-order chi connectivity index (χ0) is 27.6. The summed E-state index contributed by atoms with van der Waals surface area (Å²) in [6.45, 7) is 0.612. The van der Waals surface area contributed by atoms with Crippen molar-refractivity contribution < 1.29 is 22.8 Å². The van der Waals surface area contributed by atoms with Crippen LogP contribution in [-0.4, -0.2) is 39.3 Å². The van der Waals surface area contributed by atoms with Crippen molar-refractivity contribution in [2.75, 3.05) is 16.8 Å². The molecule has 1 aliphatic carbocycles. The maximum absolute atomic E-state index is 13.1.